The molecule has 0 amide bonds. The molecule has 0 fully saturated rings. The van der Waals surface area contributed by atoms with Crippen molar-refractivity contribution < 1.29 is 9.47 Å². The summed E-state index contributed by atoms with van der Waals surface area (Å²) in [6.07, 6.45) is 3.82. The number of hydrogen-bond acceptors (Lipinski definition) is 4. The number of aromatic nitrogens is 1. The Morgan fingerprint density at radius 2 is 2.24 bits per heavy atom. The molecule has 1 aromatic rings. The molecule has 0 aliphatic rings. The Hall–Kier alpha value is -1.13. The van der Waals surface area contributed by atoms with E-state index in [4.69, 9.17) is 9.47 Å². The Labute approximate surface area is 103 Å². The first kappa shape index (κ1) is 13.9. The molecule has 17 heavy (non-hydrogen) atoms. The molecule has 0 saturated heterocycles. The van der Waals surface area contributed by atoms with Crippen molar-refractivity contribution in [1.82, 2.24) is 10.3 Å². The molecule has 0 spiro atoms. The minimum Gasteiger partial charge on any atom is -0.481 e. The van der Waals surface area contributed by atoms with E-state index < -0.39 is 0 Å². The summed E-state index contributed by atoms with van der Waals surface area (Å²) < 4.78 is 10.3. The third-order valence-electron chi connectivity index (χ3n) is 2.54. The molecule has 96 valence electrons. The van der Waals surface area contributed by atoms with Gasteiger partial charge >= 0.3 is 0 Å². The van der Waals surface area contributed by atoms with E-state index in [1.54, 1.807) is 20.4 Å². The molecule has 1 rings (SSSR count). The number of methoxy groups -OCH3 is 2. The molecule has 1 N–H and O–H groups in total. The standard InChI is InChI=1S/C13H22N2O2/c1-4-6-14-12(10-16-2)8-11-5-7-15-13(9-11)17-3/h5,7,9,12,14H,4,6,8,10H2,1-3H3. The van der Waals surface area contributed by atoms with Gasteiger partial charge in [0.1, 0.15) is 0 Å². The van der Waals surface area contributed by atoms with Gasteiger partial charge in [-0.1, -0.05) is 6.92 Å². The van der Waals surface area contributed by atoms with Crippen LogP contribution in [0.25, 0.3) is 0 Å². The van der Waals surface area contributed by atoms with Crippen molar-refractivity contribution in [2.75, 3.05) is 27.4 Å². The molecular formula is C13H22N2O2. The summed E-state index contributed by atoms with van der Waals surface area (Å²) in [5, 5.41) is 3.47. The predicted octanol–water partition coefficient (Wildman–Crippen LogP) is 1.65. The lowest BCUT2D eigenvalue weighted by Crippen LogP contribution is -2.35. The van der Waals surface area contributed by atoms with E-state index in [1.807, 2.05) is 12.1 Å². The van der Waals surface area contributed by atoms with Gasteiger partial charge in [-0.2, -0.15) is 0 Å². The third kappa shape index (κ3) is 5.15. The third-order valence-corrected chi connectivity index (χ3v) is 2.54. The van der Waals surface area contributed by atoms with Crippen LogP contribution >= 0.6 is 0 Å². The SMILES string of the molecule is CCCNC(COC)Cc1ccnc(OC)c1. The first-order valence-corrected chi connectivity index (χ1v) is 6.01. The smallest absolute Gasteiger partial charge is 0.213 e. The van der Waals surface area contributed by atoms with Gasteiger partial charge < -0.3 is 14.8 Å². The highest BCUT2D eigenvalue weighted by atomic mass is 16.5. The minimum atomic E-state index is 0.340. The first-order valence-electron chi connectivity index (χ1n) is 6.01. The molecule has 0 saturated carbocycles. The van der Waals surface area contributed by atoms with E-state index in [2.05, 4.69) is 17.2 Å². The van der Waals surface area contributed by atoms with Gasteiger partial charge in [0.25, 0.3) is 0 Å². The number of nitrogens with zero attached hydrogens (tertiary/aromatic N) is 1. The monoisotopic (exact) mass is 238 g/mol. The molecule has 1 heterocycles. The van der Waals surface area contributed by atoms with E-state index in [0.29, 0.717) is 18.5 Å². The second-order valence-electron chi connectivity index (χ2n) is 4.02. The molecule has 4 nitrogen and oxygen atoms in total. The van der Waals surface area contributed by atoms with Gasteiger partial charge in [0.2, 0.25) is 5.88 Å². The number of ether oxygens (including phenoxy) is 2. The summed E-state index contributed by atoms with van der Waals surface area (Å²) in [5.74, 6) is 0.661. The molecule has 0 aliphatic carbocycles. The van der Waals surface area contributed by atoms with Gasteiger partial charge in [0.05, 0.1) is 13.7 Å². The molecule has 0 radical (unpaired) electrons. The van der Waals surface area contributed by atoms with Crippen LogP contribution in [0, 0.1) is 0 Å². The normalized spacial score (nSPS) is 12.4. The lowest BCUT2D eigenvalue weighted by atomic mass is 10.1. The van der Waals surface area contributed by atoms with Gasteiger partial charge in [-0.3, -0.25) is 0 Å². The molecule has 1 aromatic heterocycles. The number of rotatable bonds is 8. The fraction of sp³-hybridized carbons (Fsp3) is 0.615. The van der Waals surface area contributed by atoms with Crippen molar-refractivity contribution in [1.29, 1.82) is 0 Å². The highest BCUT2D eigenvalue weighted by Crippen LogP contribution is 2.10. The Balaban J connectivity index is 2.57. The molecule has 4 heteroatoms. The maximum atomic E-state index is 5.22. The molecule has 0 aromatic carbocycles. The topological polar surface area (TPSA) is 43.4 Å². The van der Waals surface area contributed by atoms with Gasteiger partial charge in [-0.25, -0.2) is 4.98 Å². The van der Waals surface area contributed by atoms with Gasteiger partial charge in [-0.05, 0) is 31.0 Å². The van der Waals surface area contributed by atoms with E-state index in [0.717, 1.165) is 19.4 Å². The van der Waals surface area contributed by atoms with Crippen LogP contribution in [0.15, 0.2) is 18.3 Å². The average molecular weight is 238 g/mol. The number of nitrogens with one attached hydrogen (secondary N) is 1. The summed E-state index contributed by atoms with van der Waals surface area (Å²) in [6, 6.07) is 4.32. The molecule has 1 atom stereocenters. The maximum absolute atomic E-state index is 5.22. The van der Waals surface area contributed by atoms with Crippen molar-refractivity contribution in [2.45, 2.75) is 25.8 Å². The van der Waals surface area contributed by atoms with Crippen molar-refractivity contribution in [2.24, 2.45) is 0 Å². The first-order chi connectivity index (χ1) is 8.30. The van der Waals surface area contributed by atoms with Gasteiger partial charge in [0, 0.05) is 25.4 Å². The zero-order valence-electron chi connectivity index (χ0n) is 10.9. The minimum absolute atomic E-state index is 0.340. The molecular weight excluding hydrogens is 216 g/mol. The van der Waals surface area contributed by atoms with E-state index in [1.165, 1.54) is 5.56 Å². The fourth-order valence-electron chi connectivity index (χ4n) is 1.71. The highest BCUT2D eigenvalue weighted by Gasteiger charge is 2.09. The second-order valence-corrected chi connectivity index (χ2v) is 4.02. The van der Waals surface area contributed by atoms with Crippen LogP contribution in [0.1, 0.15) is 18.9 Å². The van der Waals surface area contributed by atoms with Crippen LogP contribution < -0.4 is 10.1 Å². The van der Waals surface area contributed by atoms with Crippen molar-refractivity contribution >= 4 is 0 Å². The van der Waals surface area contributed by atoms with Crippen LogP contribution in [-0.2, 0) is 11.2 Å². The Morgan fingerprint density at radius 3 is 2.88 bits per heavy atom. The quantitative estimate of drug-likeness (QED) is 0.748. The van der Waals surface area contributed by atoms with Crippen molar-refractivity contribution in [3.05, 3.63) is 23.9 Å². The predicted molar refractivity (Wildman–Crippen MR) is 68.5 cm³/mol. The summed E-state index contributed by atoms with van der Waals surface area (Å²) >= 11 is 0. The number of pyridine rings is 1. The average Bonchev–Trinajstić information content (AvgIpc) is 2.36. The van der Waals surface area contributed by atoms with Crippen LogP contribution in [0.4, 0.5) is 0 Å². The van der Waals surface area contributed by atoms with Crippen LogP contribution in [-0.4, -0.2) is 38.4 Å². The van der Waals surface area contributed by atoms with Crippen LogP contribution in [0.5, 0.6) is 5.88 Å². The van der Waals surface area contributed by atoms with Crippen molar-refractivity contribution in [3.8, 4) is 5.88 Å². The molecule has 1 unspecified atom stereocenters. The fourth-order valence-corrected chi connectivity index (χ4v) is 1.71. The Bertz CT molecular complexity index is 318. The highest BCUT2D eigenvalue weighted by molar-refractivity contribution is 5.21. The maximum Gasteiger partial charge on any atom is 0.213 e. The second kappa shape index (κ2) is 8.03. The lowest BCUT2D eigenvalue weighted by molar-refractivity contribution is 0.166. The lowest BCUT2D eigenvalue weighted by Gasteiger charge is -2.17. The van der Waals surface area contributed by atoms with Gasteiger partial charge in [0.15, 0.2) is 0 Å². The largest absolute Gasteiger partial charge is 0.481 e. The summed E-state index contributed by atoms with van der Waals surface area (Å²) in [7, 11) is 3.36. The summed E-state index contributed by atoms with van der Waals surface area (Å²) in [6.45, 7) is 3.88. The van der Waals surface area contributed by atoms with E-state index >= 15 is 0 Å². The number of hydrogen-bond donors (Lipinski definition) is 1. The van der Waals surface area contributed by atoms with Crippen LogP contribution in [0.2, 0.25) is 0 Å². The van der Waals surface area contributed by atoms with Gasteiger partial charge in [-0.15, -0.1) is 0 Å². The zero-order valence-corrected chi connectivity index (χ0v) is 10.9. The summed E-state index contributed by atoms with van der Waals surface area (Å²) in [5.41, 5.74) is 1.21. The Kier molecular flexibility index (Phi) is 6.58. The molecule has 0 aliphatic heterocycles. The van der Waals surface area contributed by atoms with E-state index in [-0.39, 0.29) is 0 Å². The van der Waals surface area contributed by atoms with E-state index in [9.17, 15) is 0 Å². The molecule has 0 bridgehead atoms. The van der Waals surface area contributed by atoms with Crippen LogP contribution in [0.3, 0.4) is 0 Å². The zero-order chi connectivity index (χ0) is 12.5. The Morgan fingerprint density at radius 1 is 1.41 bits per heavy atom. The van der Waals surface area contributed by atoms with Crippen molar-refractivity contribution in [3.63, 3.8) is 0 Å². The summed E-state index contributed by atoms with van der Waals surface area (Å²) in [4.78, 5) is 4.10.